The highest BCUT2D eigenvalue weighted by Gasteiger charge is 2.22. The molecule has 1 aromatic heterocycles. The van der Waals surface area contributed by atoms with Crippen molar-refractivity contribution in [1.29, 1.82) is 0 Å². The Morgan fingerprint density at radius 2 is 1.92 bits per heavy atom. The number of esters is 1. The number of aromatic nitrogens is 1. The van der Waals surface area contributed by atoms with Crippen LogP contribution in [0.2, 0.25) is 0 Å². The zero-order valence-electron chi connectivity index (χ0n) is 13.8. The molecule has 0 aliphatic heterocycles. The van der Waals surface area contributed by atoms with E-state index in [0.717, 1.165) is 5.56 Å². The monoisotopic (exact) mass is 321 g/mol. The van der Waals surface area contributed by atoms with Crippen molar-refractivity contribution in [2.45, 2.75) is 26.2 Å². The molecule has 1 unspecified atom stereocenters. The lowest BCUT2D eigenvalue weighted by Gasteiger charge is -2.12. The Bertz CT molecular complexity index is 755. The summed E-state index contributed by atoms with van der Waals surface area (Å²) in [5, 5.41) is 0. The van der Waals surface area contributed by atoms with Crippen LogP contribution < -0.4 is 0 Å². The number of hydrogen-bond acceptors (Lipinski definition) is 4. The fourth-order valence-corrected chi connectivity index (χ4v) is 2.18. The Labute approximate surface area is 141 Å². The number of carbonyl (C=O) groups is 2. The van der Waals surface area contributed by atoms with Gasteiger partial charge in [-0.3, -0.25) is 14.6 Å². The van der Waals surface area contributed by atoms with Crippen LogP contribution >= 0.6 is 0 Å². The fourth-order valence-electron chi connectivity index (χ4n) is 2.18. The predicted octanol–water partition coefficient (Wildman–Crippen LogP) is 3.37. The van der Waals surface area contributed by atoms with Crippen LogP contribution in [0.3, 0.4) is 0 Å². The van der Waals surface area contributed by atoms with Crippen molar-refractivity contribution < 1.29 is 14.3 Å². The normalized spacial score (nSPS) is 11.1. The van der Waals surface area contributed by atoms with Crippen molar-refractivity contribution in [3.8, 4) is 11.8 Å². The molecule has 0 fully saturated rings. The molecular weight excluding hydrogens is 302 g/mol. The van der Waals surface area contributed by atoms with Crippen LogP contribution in [0.25, 0.3) is 0 Å². The van der Waals surface area contributed by atoms with E-state index in [0.29, 0.717) is 24.3 Å². The standard InChI is InChI=1S/C20H19NO3/c1-3-24-20(23)18(19-9-4-5-14-21-19)8-6-7-16-10-12-17(13-11-16)15(2)22/h4-5,9-14,18H,3,8H2,1-2H3. The van der Waals surface area contributed by atoms with Crippen molar-refractivity contribution in [2.24, 2.45) is 0 Å². The van der Waals surface area contributed by atoms with Gasteiger partial charge in [0.2, 0.25) is 0 Å². The van der Waals surface area contributed by atoms with Crippen molar-refractivity contribution in [1.82, 2.24) is 4.98 Å². The van der Waals surface area contributed by atoms with E-state index < -0.39 is 5.92 Å². The molecule has 0 saturated carbocycles. The van der Waals surface area contributed by atoms with Crippen molar-refractivity contribution in [2.75, 3.05) is 6.61 Å². The van der Waals surface area contributed by atoms with Gasteiger partial charge in [-0.25, -0.2) is 0 Å². The molecule has 4 nitrogen and oxygen atoms in total. The first-order valence-corrected chi connectivity index (χ1v) is 7.79. The second-order valence-electron chi connectivity index (χ2n) is 5.20. The number of carbonyl (C=O) groups excluding carboxylic acids is 2. The second-order valence-corrected chi connectivity index (χ2v) is 5.20. The van der Waals surface area contributed by atoms with E-state index in [-0.39, 0.29) is 11.8 Å². The molecule has 122 valence electrons. The molecule has 1 aromatic carbocycles. The number of ketones is 1. The lowest BCUT2D eigenvalue weighted by molar-refractivity contribution is -0.144. The first-order chi connectivity index (χ1) is 11.6. The maximum Gasteiger partial charge on any atom is 0.315 e. The second kappa shape index (κ2) is 8.64. The van der Waals surface area contributed by atoms with Crippen LogP contribution in [0, 0.1) is 11.8 Å². The summed E-state index contributed by atoms with van der Waals surface area (Å²) in [5.74, 6) is 5.22. The van der Waals surface area contributed by atoms with Crippen LogP contribution in [-0.2, 0) is 9.53 Å². The van der Waals surface area contributed by atoms with E-state index in [1.807, 2.05) is 6.07 Å². The van der Waals surface area contributed by atoms with Crippen LogP contribution in [-0.4, -0.2) is 23.3 Å². The van der Waals surface area contributed by atoms with E-state index in [1.165, 1.54) is 6.92 Å². The van der Waals surface area contributed by atoms with Gasteiger partial charge in [0.1, 0.15) is 5.92 Å². The van der Waals surface area contributed by atoms with E-state index >= 15 is 0 Å². The van der Waals surface area contributed by atoms with Gasteiger partial charge in [-0.1, -0.05) is 30.0 Å². The molecule has 4 heteroatoms. The Kier molecular flexibility index (Phi) is 6.27. The Morgan fingerprint density at radius 1 is 1.17 bits per heavy atom. The molecule has 0 N–H and O–H groups in total. The SMILES string of the molecule is CCOC(=O)C(CC#Cc1ccc(C(C)=O)cc1)c1ccccn1. The highest BCUT2D eigenvalue weighted by Crippen LogP contribution is 2.18. The topological polar surface area (TPSA) is 56.3 Å². The molecular formula is C20H19NO3. The maximum atomic E-state index is 12.1. The average molecular weight is 321 g/mol. The third-order valence-electron chi connectivity index (χ3n) is 3.45. The van der Waals surface area contributed by atoms with Crippen LogP contribution in [0.4, 0.5) is 0 Å². The predicted molar refractivity (Wildman–Crippen MR) is 91.6 cm³/mol. The molecule has 0 bridgehead atoms. The smallest absolute Gasteiger partial charge is 0.315 e. The molecule has 0 spiro atoms. The Hall–Kier alpha value is -2.93. The lowest BCUT2D eigenvalue weighted by Crippen LogP contribution is -2.16. The van der Waals surface area contributed by atoms with E-state index in [9.17, 15) is 9.59 Å². The van der Waals surface area contributed by atoms with Gasteiger partial charge < -0.3 is 4.74 Å². The molecule has 0 saturated heterocycles. The summed E-state index contributed by atoms with van der Waals surface area (Å²) in [6, 6.07) is 12.5. The zero-order valence-corrected chi connectivity index (χ0v) is 13.8. The van der Waals surface area contributed by atoms with Crippen molar-refractivity contribution in [3.63, 3.8) is 0 Å². The van der Waals surface area contributed by atoms with E-state index in [4.69, 9.17) is 4.74 Å². The first kappa shape index (κ1) is 17.4. The zero-order chi connectivity index (χ0) is 17.4. The minimum atomic E-state index is -0.504. The fraction of sp³-hybridized carbons (Fsp3) is 0.250. The third kappa shape index (κ3) is 4.79. The summed E-state index contributed by atoms with van der Waals surface area (Å²) in [6.07, 6.45) is 1.97. The Balaban J connectivity index is 2.13. The molecule has 2 aromatic rings. The number of Topliss-reactive ketones (excluding diaryl/α,β-unsaturated/α-hetero) is 1. The van der Waals surface area contributed by atoms with Gasteiger partial charge in [-0.05, 0) is 38.1 Å². The van der Waals surface area contributed by atoms with E-state index in [1.54, 1.807) is 49.5 Å². The minimum Gasteiger partial charge on any atom is -0.465 e. The number of ether oxygens (including phenoxy) is 1. The molecule has 2 rings (SSSR count). The van der Waals surface area contributed by atoms with Crippen LogP contribution in [0.5, 0.6) is 0 Å². The quantitative estimate of drug-likeness (QED) is 0.481. The van der Waals surface area contributed by atoms with Crippen molar-refractivity contribution in [3.05, 3.63) is 65.5 Å². The number of rotatable bonds is 5. The van der Waals surface area contributed by atoms with Crippen LogP contribution in [0.1, 0.15) is 47.8 Å². The minimum absolute atomic E-state index is 0.0204. The highest BCUT2D eigenvalue weighted by molar-refractivity contribution is 5.94. The van der Waals surface area contributed by atoms with Gasteiger partial charge in [0.15, 0.2) is 5.78 Å². The molecule has 0 amide bonds. The number of hydrogen-bond donors (Lipinski definition) is 0. The summed E-state index contributed by atoms with van der Waals surface area (Å²) in [5.41, 5.74) is 2.10. The summed E-state index contributed by atoms with van der Waals surface area (Å²) in [6.45, 7) is 3.62. The molecule has 1 heterocycles. The van der Waals surface area contributed by atoms with Gasteiger partial charge in [0.05, 0.1) is 12.3 Å². The maximum absolute atomic E-state index is 12.1. The van der Waals surface area contributed by atoms with Gasteiger partial charge in [-0.15, -0.1) is 0 Å². The summed E-state index contributed by atoms with van der Waals surface area (Å²) in [7, 11) is 0. The molecule has 24 heavy (non-hydrogen) atoms. The summed E-state index contributed by atoms with van der Waals surface area (Å²) in [4.78, 5) is 27.6. The number of nitrogens with zero attached hydrogens (tertiary/aromatic N) is 1. The highest BCUT2D eigenvalue weighted by atomic mass is 16.5. The van der Waals surface area contributed by atoms with Gasteiger partial charge in [0.25, 0.3) is 0 Å². The van der Waals surface area contributed by atoms with Crippen LogP contribution in [0.15, 0.2) is 48.7 Å². The third-order valence-corrected chi connectivity index (χ3v) is 3.45. The number of pyridine rings is 1. The van der Waals surface area contributed by atoms with Crippen molar-refractivity contribution >= 4 is 11.8 Å². The molecule has 0 aliphatic rings. The number of benzene rings is 1. The summed E-state index contributed by atoms with van der Waals surface area (Å²) < 4.78 is 5.12. The molecule has 0 aliphatic carbocycles. The lowest BCUT2D eigenvalue weighted by atomic mass is 10.0. The van der Waals surface area contributed by atoms with Gasteiger partial charge in [-0.2, -0.15) is 0 Å². The molecule has 1 atom stereocenters. The Morgan fingerprint density at radius 3 is 2.50 bits per heavy atom. The van der Waals surface area contributed by atoms with Gasteiger partial charge in [0, 0.05) is 23.7 Å². The van der Waals surface area contributed by atoms with Gasteiger partial charge >= 0.3 is 5.97 Å². The largest absolute Gasteiger partial charge is 0.465 e. The molecule has 0 radical (unpaired) electrons. The average Bonchev–Trinajstić information content (AvgIpc) is 2.60. The van der Waals surface area contributed by atoms with E-state index in [2.05, 4.69) is 16.8 Å². The summed E-state index contributed by atoms with van der Waals surface area (Å²) >= 11 is 0. The first-order valence-electron chi connectivity index (χ1n) is 7.79.